The van der Waals surface area contributed by atoms with E-state index in [1.807, 2.05) is 45.0 Å². The molecule has 21 heavy (non-hydrogen) atoms. The number of nitrogens with zero attached hydrogens (tertiary/aromatic N) is 3. The van der Waals surface area contributed by atoms with E-state index in [0.29, 0.717) is 30.6 Å². The summed E-state index contributed by atoms with van der Waals surface area (Å²) in [5, 5.41) is 5.06. The minimum atomic E-state index is 0.520. The van der Waals surface area contributed by atoms with Crippen LogP contribution in [0.15, 0.2) is 28.8 Å². The Balaban J connectivity index is 2.21. The van der Waals surface area contributed by atoms with Gasteiger partial charge in [0.15, 0.2) is 0 Å². The molecular weight excluding hydrogens is 266 g/mol. The van der Waals surface area contributed by atoms with Gasteiger partial charge >= 0.3 is 0 Å². The third-order valence-corrected chi connectivity index (χ3v) is 3.31. The molecule has 0 aliphatic rings. The Morgan fingerprint density at radius 1 is 1.19 bits per heavy atom. The topological polar surface area (TPSA) is 61.0 Å². The van der Waals surface area contributed by atoms with Crippen LogP contribution in [-0.4, -0.2) is 21.7 Å². The first-order chi connectivity index (χ1) is 10.2. The molecule has 0 atom stereocenters. The Morgan fingerprint density at radius 3 is 2.76 bits per heavy atom. The minimum Gasteiger partial charge on any atom is -0.477 e. The van der Waals surface area contributed by atoms with Gasteiger partial charge in [-0.2, -0.15) is 4.98 Å². The number of aromatic nitrogens is 3. The standard InChI is InChI=1S/C16H17N3O2/c1-4-13-17-15(19-21-13)12-9-11-8-6-7-10(3)14(11)18-16(12)20-5-2/h6-9H,4-5H2,1-3H3. The average molecular weight is 283 g/mol. The van der Waals surface area contributed by atoms with Crippen molar-refractivity contribution in [3.8, 4) is 17.3 Å². The summed E-state index contributed by atoms with van der Waals surface area (Å²) in [6.45, 7) is 6.48. The van der Waals surface area contributed by atoms with Crippen LogP contribution in [0.4, 0.5) is 0 Å². The molecule has 5 heteroatoms. The number of hydrogen-bond acceptors (Lipinski definition) is 5. The molecule has 2 heterocycles. The Kier molecular flexibility index (Phi) is 3.56. The van der Waals surface area contributed by atoms with Crippen molar-refractivity contribution < 1.29 is 9.26 Å². The number of rotatable bonds is 4. The van der Waals surface area contributed by atoms with E-state index in [1.54, 1.807) is 0 Å². The summed E-state index contributed by atoms with van der Waals surface area (Å²) < 4.78 is 10.9. The number of pyridine rings is 1. The molecule has 3 aromatic rings. The van der Waals surface area contributed by atoms with E-state index in [2.05, 4.69) is 15.1 Å². The number of fused-ring (bicyclic) bond motifs is 1. The van der Waals surface area contributed by atoms with Gasteiger partial charge in [0.1, 0.15) is 0 Å². The molecule has 108 valence electrons. The van der Waals surface area contributed by atoms with E-state index < -0.39 is 0 Å². The summed E-state index contributed by atoms with van der Waals surface area (Å²) in [7, 11) is 0. The summed E-state index contributed by atoms with van der Waals surface area (Å²) >= 11 is 0. The molecule has 0 aliphatic carbocycles. The number of para-hydroxylation sites is 1. The fraction of sp³-hybridized carbons (Fsp3) is 0.312. The highest BCUT2D eigenvalue weighted by molar-refractivity contribution is 5.87. The molecule has 5 nitrogen and oxygen atoms in total. The van der Waals surface area contributed by atoms with Gasteiger partial charge < -0.3 is 9.26 Å². The van der Waals surface area contributed by atoms with E-state index >= 15 is 0 Å². The van der Waals surface area contributed by atoms with E-state index in [-0.39, 0.29) is 0 Å². The molecule has 3 rings (SSSR count). The highest BCUT2D eigenvalue weighted by Crippen LogP contribution is 2.31. The highest BCUT2D eigenvalue weighted by atomic mass is 16.5. The first-order valence-corrected chi connectivity index (χ1v) is 7.09. The quantitative estimate of drug-likeness (QED) is 0.732. The number of hydrogen-bond donors (Lipinski definition) is 0. The van der Waals surface area contributed by atoms with Gasteiger partial charge in [0.05, 0.1) is 17.7 Å². The maximum atomic E-state index is 5.66. The molecule has 0 aliphatic heterocycles. The van der Waals surface area contributed by atoms with E-state index in [1.165, 1.54) is 0 Å². The molecule has 1 aromatic carbocycles. The van der Waals surface area contributed by atoms with Gasteiger partial charge in [-0.15, -0.1) is 0 Å². The Morgan fingerprint density at radius 2 is 2.05 bits per heavy atom. The van der Waals surface area contributed by atoms with Crippen molar-refractivity contribution in [2.45, 2.75) is 27.2 Å². The lowest BCUT2D eigenvalue weighted by Crippen LogP contribution is -1.99. The zero-order valence-electron chi connectivity index (χ0n) is 12.4. The Hall–Kier alpha value is -2.43. The van der Waals surface area contributed by atoms with Crippen LogP contribution in [0.5, 0.6) is 5.88 Å². The van der Waals surface area contributed by atoms with Crippen molar-refractivity contribution in [2.75, 3.05) is 6.61 Å². The predicted molar refractivity (Wildman–Crippen MR) is 80.3 cm³/mol. The minimum absolute atomic E-state index is 0.520. The Labute approximate surface area is 123 Å². The summed E-state index contributed by atoms with van der Waals surface area (Å²) in [6, 6.07) is 8.07. The second kappa shape index (κ2) is 5.52. The number of benzene rings is 1. The largest absolute Gasteiger partial charge is 0.477 e. The third-order valence-electron chi connectivity index (χ3n) is 3.31. The summed E-state index contributed by atoms with van der Waals surface area (Å²) in [4.78, 5) is 9.01. The summed E-state index contributed by atoms with van der Waals surface area (Å²) in [6.07, 6.45) is 0.705. The zero-order chi connectivity index (χ0) is 14.8. The van der Waals surface area contributed by atoms with Gasteiger partial charge in [-0.05, 0) is 25.5 Å². The third kappa shape index (κ3) is 2.46. The van der Waals surface area contributed by atoms with Gasteiger partial charge in [-0.25, -0.2) is 4.98 Å². The maximum Gasteiger partial charge on any atom is 0.226 e. The van der Waals surface area contributed by atoms with Crippen LogP contribution in [0, 0.1) is 6.92 Å². The van der Waals surface area contributed by atoms with Crippen LogP contribution in [0.3, 0.4) is 0 Å². The summed E-state index contributed by atoms with van der Waals surface area (Å²) in [5.41, 5.74) is 2.81. The molecule has 0 bridgehead atoms. The van der Waals surface area contributed by atoms with Crippen LogP contribution in [0.25, 0.3) is 22.3 Å². The lowest BCUT2D eigenvalue weighted by molar-refractivity contribution is 0.329. The van der Waals surface area contributed by atoms with Crippen LogP contribution < -0.4 is 4.74 Å². The monoisotopic (exact) mass is 283 g/mol. The first-order valence-electron chi connectivity index (χ1n) is 7.09. The zero-order valence-corrected chi connectivity index (χ0v) is 12.4. The van der Waals surface area contributed by atoms with E-state index in [4.69, 9.17) is 9.26 Å². The van der Waals surface area contributed by atoms with Crippen LogP contribution in [0.1, 0.15) is 25.3 Å². The normalized spacial score (nSPS) is 11.0. The van der Waals surface area contributed by atoms with Crippen LogP contribution >= 0.6 is 0 Å². The fourth-order valence-corrected chi connectivity index (χ4v) is 2.24. The van der Waals surface area contributed by atoms with Gasteiger partial charge in [0, 0.05) is 11.8 Å². The lowest BCUT2D eigenvalue weighted by atomic mass is 10.1. The molecule has 0 saturated carbocycles. The van der Waals surface area contributed by atoms with Crippen molar-refractivity contribution in [1.29, 1.82) is 0 Å². The van der Waals surface area contributed by atoms with Crippen molar-refractivity contribution in [1.82, 2.24) is 15.1 Å². The molecular formula is C16H17N3O2. The molecule has 0 saturated heterocycles. The fourth-order valence-electron chi connectivity index (χ4n) is 2.24. The van der Waals surface area contributed by atoms with Crippen molar-refractivity contribution >= 4 is 10.9 Å². The molecule has 2 aromatic heterocycles. The van der Waals surface area contributed by atoms with E-state index in [9.17, 15) is 0 Å². The van der Waals surface area contributed by atoms with Crippen LogP contribution in [0.2, 0.25) is 0 Å². The molecule has 0 N–H and O–H groups in total. The van der Waals surface area contributed by atoms with Crippen LogP contribution in [-0.2, 0) is 6.42 Å². The summed E-state index contributed by atoms with van der Waals surface area (Å²) in [5.74, 6) is 1.67. The molecule has 0 radical (unpaired) electrons. The Bertz CT molecular complexity index is 780. The van der Waals surface area contributed by atoms with E-state index in [0.717, 1.165) is 22.0 Å². The second-order valence-electron chi connectivity index (χ2n) is 4.79. The van der Waals surface area contributed by atoms with Crippen molar-refractivity contribution in [3.05, 3.63) is 35.7 Å². The van der Waals surface area contributed by atoms with Gasteiger partial charge in [-0.1, -0.05) is 30.3 Å². The molecule has 0 spiro atoms. The number of ether oxygens (including phenoxy) is 1. The SMILES string of the molecule is CCOc1nc2c(C)cccc2cc1-c1noc(CC)n1. The smallest absolute Gasteiger partial charge is 0.226 e. The van der Waals surface area contributed by atoms with Gasteiger partial charge in [0.2, 0.25) is 17.6 Å². The highest BCUT2D eigenvalue weighted by Gasteiger charge is 2.16. The van der Waals surface area contributed by atoms with Gasteiger partial charge in [0.25, 0.3) is 0 Å². The van der Waals surface area contributed by atoms with Crippen molar-refractivity contribution in [2.24, 2.45) is 0 Å². The predicted octanol–water partition coefficient (Wildman–Crippen LogP) is 3.55. The van der Waals surface area contributed by atoms with Gasteiger partial charge in [-0.3, -0.25) is 0 Å². The number of aryl methyl sites for hydroxylation is 2. The van der Waals surface area contributed by atoms with Crippen molar-refractivity contribution in [3.63, 3.8) is 0 Å². The first kappa shape index (κ1) is 13.5. The lowest BCUT2D eigenvalue weighted by Gasteiger charge is -2.09. The average Bonchev–Trinajstić information content (AvgIpc) is 2.97. The molecule has 0 unspecified atom stereocenters. The maximum absolute atomic E-state index is 5.66. The molecule has 0 fully saturated rings. The molecule has 0 amide bonds. The second-order valence-corrected chi connectivity index (χ2v) is 4.79.